The second-order valence-electron chi connectivity index (χ2n) is 10.9. The minimum atomic E-state index is 0.427. The van der Waals surface area contributed by atoms with Crippen LogP contribution >= 0.6 is 0 Å². The number of benzene rings is 4. The van der Waals surface area contributed by atoms with Crippen LogP contribution in [0.1, 0.15) is 11.5 Å². The Bertz CT molecular complexity index is 2310. The Kier molecular flexibility index (Phi) is 7.32. The highest BCUT2D eigenvalue weighted by Gasteiger charge is 2.26. The quantitative estimate of drug-likeness (QED) is 0.177. The Morgan fingerprint density at radius 1 is 0.340 bits per heavy atom. The van der Waals surface area contributed by atoms with Crippen molar-refractivity contribution in [3.63, 3.8) is 0 Å². The van der Waals surface area contributed by atoms with Crippen molar-refractivity contribution in [2.24, 2.45) is 0 Å². The van der Waals surface area contributed by atoms with E-state index in [9.17, 15) is 0 Å². The van der Waals surface area contributed by atoms with E-state index in [1.807, 2.05) is 115 Å². The fourth-order valence-electron chi connectivity index (χ4n) is 5.38. The first kappa shape index (κ1) is 27.8. The first-order chi connectivity index (χ1) is 23.3. The van der Waals surface area contributed by atoms with Gasteiger partial charge in [0, 0.05) is 35.0 Å². The number of aromatic nitrogens is 6. The largest absolute Gasteiger partial charge is 0.372 e. The van der Waals surface area contributed by atoms with Crippen LogP contribution in [0.2, 0.25) is 0 Å². The van der Waals surface area contributed by atoms with Crippen LogP contribution in [0.5, 0.6) is 0 Å². The standard InChI is InChI=1S/C40H26N7/c1-4-13-27(14-5-1)30-19-12-20-31(25-30)35-26-36(44-37(43-35)28-15-6-2-7-16-28)40-46-38(29-17-8-3-9-18-29)45-39(47-40)34-23-22-33(42-34)32-21-10-11-24-41-32/h1-26H/q+1. The van der Waals surface area contributed by atoms with Gasteiger partial charge >= 0.3 is 11.4 Å². The molecule has 0 fully saturated rings. The molecule has 0 aliphatic carbocycles. The molecule has 0 amide bonds. The molecule has 8 rings (SSSR count). The average molecular weight is 605 g/mol. The maximum absolute atomic E-state index is 5.03. The summed E-state index contributed by atoms with van der Waals surface area (Å²) >= 11 is 0. The molecule has 0 spiro atoms. The Labute approximate surface area is 271 Å². The van der Waals surface area contributed by atoms with Crippen molar-refractivity contribution >= 4 is 11.4 Å². The van der Waals surface area contributed by atoms with Gasteiger partial charge in [0.1, 0.15) is 5.69 Å². The van der Waals surface area contributed by atoms with Crippen LogP contribution < -0.4 is 4.67 Å². The van der Waals surface area contributed by atoms with Crippen molar-refractivity contribution in [1.29, 1.82) is 0 Å². The van der Waals surface area contributed by atoms with Crippen molar-refractivity contribution in [3.8, 4) is 56.7 Å². The van der Waals surface area contributed by atoms with E-state index < -0.39 is 0 Å². The Balaban J connectivity index is 1.31. The predicted molar refractivity (Wildman–Crippen MR) is 186 cm³/mol. The highest BCUT2D eigenvalue weighted by atomic mass is 15.1. The topological polar surface area (TPSA) is 91.4 Å². The molecule has 4 aromatic carbocycles. The van der Waals surface area contributed by atoms with Gasteiger partial charge in [0.25, 0.3) is 0 Å². The van der Waals surface area contributed by atoms with Crippen LogP contribution in [0.15, 0.2) is 158 Å². The molecular weight excluding hydrogens is 578 g/mol. The van der Waals surface area contributed by atoms with E-state index in [0.717, 1.165) is 44.9 Å². The number of hydrogen-bond acceptors (Lipinski definition) is 6. The minimum absolute atomic E-state index is 0.427. The molecule has 1 aliphatic rings. The zero-order chi connectivity index (χ0) is 31.4. The third kappa shape index (κ3) is 5.90. The zero-order valence-corrected chi connectivity index (χ0v) is 25.1. The molecule has 0 radical (unpaired) electrons. The lowest BCUT2D eigenvalue weighted by Gasteiger charge is -2.11. The number of allylic oxidation sites excluding steroid dienone is 2. The Hall–Kier alpha value is -6.69. The first-order valence-corrected chi connectivity index (χ1v) is 15.2. The van der Waals surface area contributed by atoms with Crippen LogP contribution in [-0.4, -0.2) is 41.3 Å². The van der Waals surface area contributed by atoms with Crippen LogP contribution in [0.25, 0.3) is 56.7 Å². The summed E-state index contributed by atoms with van der Waals surface area (Å²) in [6, 6.07) is 46.2. The van der Waals surface area contributed by atoms with Crippen LogP contribution in [-0.2, 0) is 0 Å². The highest BCUT2D eigenvalue weighted by Crippen LogP contribution is 2.30. The van der Waals surface area contributed by atoms with E-state index in [1.165, 1.54) is 0 Å². The third-order valence-corrected chi connectivity index (χ3v) is 7.72. The average Bonchev–Trinajstić information content (AvgIpc) is 3.67. The smallest absolute Gasteiger partial charge is 0.249 e. The molecule has 0 saturated heterocycles. The molecule has 220 valence electrons. The monoisotopic (exact) mass is 604 g/mol. The summed E-state index contributed by atoms with van der Waals surface area (Å²) in [6.45, 7) is 0. The summed E-state index contributed by atoms with van der Waals surface area (Å²) in [5, 5.41) is 0. The third-order valence-electron chi connectivity index (χ3n) is 7.72. The number of nitrogens with zero attached hydrogens (tertiary/aromatic N) is 7. The van der Waals surface area contributed by atoms with Crippen molar-refractivity contribution in [3.05, 3.63) is 169 Å². The summed E-state index contributed by atoms with van der Waals surface area (Å²) in [6.07, 6.45) is 5.60. The van der Waals surface area contributed by atoms with Gasteiger partial charge in [-0.1, -0.05) is 120 Å². The van der Waals surface area contributed by atoms with Gasteiger partial charge in [-0.15, -0.1) is 0 Å². The van der Waals surface area contributed by atoms with Crippen LogP contribution in [0, 0.1) is 0 Å². The van der Waals surface area contributed by atoms with Gasteiger partial charge in [-0.25, -0.2) is 24.9 Å². The molecule has 1 aliphatic heterocycles. The molecule has 0 bridgehead atoms. The van der Waals surface area contributed by atoms with Crippen molar-refractivity contribution in [1.82, 2.24) is 34.6 Å². The predicted octanol–water partition coefficient (Wildman–Crippen LogP) is 7.31. The SMILES string of the molecule is C1=CC(c2nc(-c3ccccc3)nc(-c3cc(-c4cccc(-c5ccccc5)c4)nc(-c4ccccc4)n3)n2)=[N+]=C1c1ccccn1. The van der Waals surface area contributed by atoms with E-state index in [4.69, 9.17) is 29.6 Å². The zero-order valence-electron chi connectivity index (χ0n) is 25.1. The fourth-order valence-corrected chi connectivity index (χ4v) is 5.38. The fraction of sp³-hybridized carbons (Fsp3) is 0. The second kappa shape index (κ2) is 12.4. The minimum Gasteiger partial charge on any atom is -0.249 e. The molecule has 0 atom stereocenters. The highest BCUT2D eigenvalue weighted by molar-refractivity contribution is 6.20. The molecule has 7 nitrogen and oxygen atoms in total. The van der Waals surface area contributed by atoms with Gasteiger partial charge in [-0.05, 0) is 35.4 Å². The van der Waals surface area contributed by atoms with Gasteiger partial charge in [-0.3, -0.25) is 0 Å². The molecule has 7 heteroatoms. The molecule has 4 heterocycles. The molecule has 7 aromatic rings. The normalized spacial score (nSPS) is 12.1. The van der Waals surface area contributed by atoms with Crippen LogP contribution in [0.3, 0.4) is 0 Å². The van der Waals surface area contributed by atoms with Gasteiger partial charge < -0.3 is 0 Å². The molecule has 47 heavy (non-hydrogen) atoms. The van der Waals surface area contributed by atoms with Crippen LogP contribution in [0.4, 0.5) is 0 Å². The summed E-state index contributed by atoms with van der Waals surface area (Å²) < 4.78 is 4.84. The first-order valence-electron chi connectivity index (χ1n) is 15.2. The number of rotatable bonds is 7. The molecule has 3 aromatic heterocycles. The van der Waals surface area contributed by atoms with Crippen molar-refractivity contribution < 1.29 is 0 Å². The molecule has 0 N–H and O–H groups in total. The van der Waals surface area contributed by atoms with Gasteiger partial charge in [-0.2, -0.15) is 4.98 Å². The van der Waals surface area contributed by atoms with Gasteiger partial charge in [0.15, 0.2) is 23.2 Å². The molecule has 0 saturated carbocycles. The Morgan fingerprint density at radius 3 is 1.60 bits per heavy atom. The van der Waals surface area contributed by atoms with E-state index in [1.54, 1.807) is 6.20 Å². The van der Waals surface area contributed by atoms with E-state index in [2.05, 4.69) is 41.4 Å². The van der Waals surface area contributed by atoms with Gasteiger partial charge in [0.2, 0.25) is 5.82 Å². The van der Waals surface area contributed by atoms with Gasteiger partial charge in [0.05, 0.1) is 5.69 Å². The summed E-state index contributed by atoms with van der Waals surface area (Å²) in [7, 11) is 0. The summed E-state index contributed by atoms with van der Waals surface area (Å²) in [5.41, 5.74) is 8.45. The summed E-state index contributed by atoms with van der Waals surface area (Å²) in [4.78, 5) is 29.3. The lowest BCUT2D eigenvalue weighted by molar-refractivity contribution is 1.03. The van der Waals surface area contributed by atoms with Crippen molar-refractivity contribution in [2.75, 3.05) is 0 Å². The van der Waals surface area contributed by atoms with E-state index >= 15 is 0 Å². The molecule has 0 unspecified atom stereocenters. The molecular formula is C40H26N7+. The Morgan fingerprint density at radius 2 is 0.894 bits per heavy atom. The number of hydrogen-bond donors (Lipinski definition) is 0. The van der Waals surface area contributed by atoms with Crippen molar-refractivity contribution in [2.45, 2.75) is 0 Å². The lowest BCUT2D eigenvalue weighted by Crippen LogP contribution is -2.11. The second-order valence-corrected chi connectivity index (χ2v) is 10.9. The van der Waals surface area contributed by atoms with E-state index in [-0.39, 0.29) is 0 Å². The lowest BCUT2D eigenvalue weighted by atomic mass is 10.0. The number of pyridine rings is 1. The van der Waals surface area contributed by atoms with E-state index in [0.29, 0.717) is 34.7 Å². The summed E-state index contributed by atoms with van der Waals surface area (Å²) in [5.74, 6) is 1.98. The maximum atomic E-state index is 5.03. The maximum Gasteiger partial charge on any atom is 0.372 e.